The number of hydrogen-bond acceptors (Lipinski definition) is 4. The Morgan fingerprint density at radius 2 is 1.78 bits per heavy atom. The average Bonchev–Trinajstić information content (AvgIpc) is 2.53. The topological polar surface area (TPSA) is 63.7 Å². The highest BCUT2D eigenvalue weighted by Gasteiger charge is 2.24. The second-order valence-corrected chi connectivity index (χ2v) is 6.93. The quantitative estimate of drug-likeness (QED) is 0.789. The lowest BCUT2D eigenvalue weighted by Crippen LogP contribution is -2.26. The Labute approximate surface area is 138 Å². The Morgan fingerprint density at radius 1 is 1.17 bits per heavy atom. The second-order valence-electron chi connectivity index (χ2n) is 4.59. The third-order valence-electron chi connectivity index (χ3n) is 3.18. The molecule has 0 spiro atoms. The van der Waals surface area contributed by atoms with E-state index >= 15 is 0 Å². The molecule has 122 valence electrons. The summed E-state index contributed by atoms with van der Waals surface area (Å²) in [5.74, 6) is -1.15. The summed E-state index contributed by atoms with van der Waals surface area (Å²) in [6.45, 7) is 0. The van der Waals surface area contributed by atoms with Crippen molar-refractivity contribution in [1.82, 2.24) is 0 Å². The molecule has 23 heavy (non-hydrogen) atoms. The molecule has 0 aliphatic rings. The van der Waals surface area contributed by atoms with E-state index in [0.29, 0.717) is 11.3 Å². The maximum absolute atomic E-state index is 13.1. The van der Waals surface area contributed by atoms with Gasteiger partial charge in [0.1, 0.15) is 10.7 Å². The number of ether oxygens (including phenoxy) is 1. The molecule has 0 aliphatic carbocycles. The van der Waals surface area contributed by atoms with Gasteiger partial charge < -0.3 is 4.74 Å². The standard InChI is InChI=1S/C15H13ClFNO4S/c1-18(12-6-3-10(4-7-12)15(19)22-2)23(20,21)14-8-5-11(17)9-13(14)16/h3-9H,1-2H3. The van der Waals surface area contributed by atoms with Crippen LogP contribution in [0.15, 0.2) is 47.4 Å². The van der Waals surface area contributed by atoms with Gasteiger partial charge in [-0.2, -0.15) is 0 Å². The first kappa shape index (κ1) is 17.2. The molecule has 5 nitrogen and oxygen atoms in total. The van der Waals surface area contributed by atoms with E-state index in [9.17, 15) is 17.6 Å². The number of carbonyl (C=O) groups excluding carboxylic acids is 1. The third-order valence-corrected chi connectivity index (χ3v) is 5.45. The zero-order valence-electron chi connectivity index (χ0n) is 12.3. The lowest BCUT2D eigenvalue weighted by molar-refractivity contribution is 0.0601. The Hall–Kier alpha value is -2.12. The maximum atomic E-state index is 13.1. The molecule has 0 aliphatic heterocycles. The van der Waals surface area contributed by atoms with E-state index in [-0.39, 0.29) is 9.92 Å². The normalized spacial score (nSPS) is 11.1. The molecule has 0 amide bonds. The van der Waals surface area contributed by atoms with E-state index in [4.69, 9.17) is 11.6 Å². The van der Waals surface area contributed by atoms with Crippen LogP contribution in [0.5, 0.6) is 0 Å². The van der Waals surface area contributed by atoms with Gasteiger partial charge in [-0.3, -0.25) is 4.31 Å². The molecule has 0 atom stereocenters. The monoisotopic (exact) mass is 357 g/mol. The molecule has 8 heteroatoms. The van der Waals surface area contributed by atoms with Crippen molar-refractivity contribution in [3.05, 3.63) is 58.9 Å². The van der Waals surface area contributed by atoms with Crippen LogP contribution in [0, 0.1) is 5.82 Å². The minimum Gasteiger partial charge on any atom is -0.465 e. The molecular weight excluding hydrogens is 345 g/mol. The van der Waals surface area contributed by atoms with Crippen LogP contribution >= 0.6 is 11.6 Å². The Kier molecular flexibility index (Phi) is 4.91. The Morgan fingerprint density at radius 3 is 2.30 bits per heavy atom. The van der Waals surface area contributed by atoms with Gasteiger partial charge in [0.15, 0.2) is 0 Å². The van der Waals surface area contributed by atoms with Crippen molar-refractivity contribution >= 4 is 33.3 Å². The summed E-state index contributed by atoms with van der Waals surface area (Å²) in [5, 5.41) is -0.206. The summed E-state index contributed by atoms with van der Waals surface area (Å²) in [6, 6.07) is 8.86. The van der Waals surface area contributed by atoms with Crippen LogP contribution in [0.3, 0.4) is 0 Å². The molecule has 0 N–H and O–H groups in total. The first-order chi connectivity index (χ1) is 10.8. The van der Waals surface area contributed by atoms with E-state index in [2.05, 4.69) is 4.74 Å². The molecule has 0 radical (unpaired) electrons. The fourth-order valence-corrected chi connectivity index (χ4v) is 3.60. The zero-order valence-corrected chi connectivity index (χ0v) is 13.9. The molecule has 2 aromatic rings. The fraction of sp³-hybridized carbons (Fsp3) is 0.133. The minimum absolute atomic E-state index is 0.206. The summed E-state index contributed by atoms with van der Waals surface area (Å²) in [5.41, 5.74) is 0.611. The average molecular weight is 358 g/mol. The number of benzene rings is 2. The molecule has 0 saturated heterocycles. The molecule has 0 heterocycles. The number of carbonyl (C=O) groups is 1. The Balaban J connectivity index is 2.38. The highest BCUT2D eigenvalue weighted by molar-refractivity contribution is 7.93. The number of sulfonamides is 1. The summed E-state index contributed by atoms with van der Waals surface area (Å²) >= 11 is 5.82. The van der Waals surface area contributed by atoms with Crippen molar-refractivity contribution in [3.8, 4) is 0 Å². The van der Waals surface area contributed by atoms with Gasteiger partial charge in [0.25, 0.3) is 10.0 Å². The highest BCUT2D eigenvalue weighted by Crippen LogP contribution is 2.28. The highest BCUT2D eigenvalue weighted by atomic mass is 35.5. The molecular formula is C15H13ClFNO4S. The van der Waals surface area contributed by atoms with Gasteiger partial charge in [0.05, 0.1) is 23.4 Å². The van der Waals surface area contributed by atoms with Crippen LogP contribution in [0.1, 0.15) is 10.4 Å². The van der Waals surface area contributed by atoms with Gasteiger partial charge in [0, 0.05) is 7.05 Å². The Bertz CT molecular complexity index is 837. The largest absolute Gasteiger partial charge is 0.465 e. The van der Waals surface area contributed by atoms with Gasteiger partial charge in [-0.15, -0.1) is 0 Å². The predicted octanol–water partition coefficient (Wildman–Crippen LogP) is 3.09. The zero-order chi connectivity index (χ0) is 17.2. The summed E-state index contributed by atoms with van der Waals surface area (Å²) < 4.78 is 43.8. The summed E-state index contributed by atoms with van der Waals surface area (Å²) in [7, 11) is -1.37. The van der Waals surface area contributed by atoms with Gasteiger partial charge in [-0.1, -0.05) is 11.6 Å². The number of esters is 1. The van der Waals surface area contributed by atoms with Crippen molar-refractivity contribution in [2.45, 2.75) is 4.90 Å². The van der Waals surface area contributed by atoms with Crippen LogP contribution in [-0.4, -0.2) is 28.5 Å². The van der Waals surface area contributed by atoms with Crippen LogP contribution < -0.4 is 4.31 Å². The molecule has 2 aromatic carbocycles. The van der Waals surface area contributed by atoms with E-state index in [1.54, 1.807) is 0 Å². The first-order valence-corrected chi connectivity index (χ1v) is 8.21. The van der Waals surface area contributed by atoms with Crippen molar-refractivity contribution in [3.63, 3.8) is 0 Å². The maximum Gasteiger partial charge on any atom is 0.337 e. The van der Waals surface area contributed by atoms with Crippen LogP contribution in [-0.2, 0) is 14.8 Å². The smallest absolute Gasteiger partial charge is 0.337 e. The second kappa shape index (κ2) is 6.55. The summed E-state index contributed by atoms with van der Waals surface area (Å²) in [4.78, 5) is 11.2. The number of methoxy groups -OCH3 is 1. The molecule has 0 saturated carbocycles. The minimum atomic E-state index is -3.96. The molecule has 2 rings (SSSR count). The lowest BCUT2D eigenvalue weighted by Gasteiger charge is -2.20. The number of halogens is 2. The number of hydrogen-bond donors (Lipinski definition) is 0. The van der Waals surface area contributed by atoms with Gasteiger partial charge in [-0.05, 0) is 42.5 Å². The van der Waals surface area contributed by atoms with Gasteiger partial charge >= 0.3 is 5.97 Å². The van der Waals surface area contributed by atoms with E-state index in [1.165, 1.54) is 38.4 Å². The molecule has 0 bridgehead atoms. The van der Waals surface area contributed by atoms with Gasteiger partial charge in [-0.25, -0.2) is 17.6 Å². The van der Waals surface area contributed by atoms with Crippen LogP contribution in [0.4, 0.5) is 10.1 Å². The first-order valence-electron chi connectivity index (χ1n) is 6.39. The number of anilines is 1. The molecule has 0 aromatic heterocycles. The van der Waals surface area contributed by atoms with Crippen molar-refractivity contribution < 1.29 is 22.3 Å². The molecule has 0 fully saturated rings. The van der Waals surface area contributed by atoms with Crippen LogP contribution in [0.2, 0.25) is 5.02 Å². The number of nitrogens with zero attached hydrogens (tertiary/aromatic N) is 1. The SMILES string of the molecule is COC(=O)c1ccc(N(C)S(=O)(=O)c2ccc(F)cc2Cl)cc1. The van der Waals surface area contributed by atoms with E-state index in [1.807, 2.05) is 0 Å². The van der Waals surface area contributed by atoms with Crippen molar-refractivity contribution in [2.75, 3.05) is 18.5 Å². The van der Waals surface area contributed by atoms with E-state index < -0.39 is 21.8 Å². The fourth-order valence-electron chi connectivity index (χ4n) is 1.90. The van der Waals surface area contributed by atoms with E-state index in [0.717, 1.165) is 22.5 Å². The van der Waals surface area contributed by atoms with Gasteiger partial charge in [0.2, 0.25) is 0 Å². The summed E-state index contributed by atoms with van der Waals surface area (Å²) in [6.07, 6.45) is 0. The van der Waals surface area contributed by atoms with Crippen molar-refractivity contribution in [2.24, 2.45) is 0 Å². The third kappa shape index (κ3) is 3.46. The predicted molar refractivity (Wildman–Crippen MR) is 84.8 cm³/mol. The van der Waals surface area contributed by atoms with Crippen molar-refractivity contribution in [1.29, 1.82) is 0 Å². The molecule has 0 unspecified atom stereocenters. The number of rotatable bonds is 4. The van der Waals surface area contributed by atoms with Crippen LogP contribution in [0.25, 0.3) is 0 Å². The lowest BCUT2D eigenvalue weighted by atomic mass is 10.2.